The number of nitrogens with zero attached hydrogens (tertiary/aromatic N) is 4. The zero-order chi connectivity index (χ0) is 19.9. The number of rotatable bonds is 11. The fraction of sp³-hybridized carbons (Fsp3) is 0.632. The first-order chi connectivity index (χ1) is 13.6. The molecule has 3 rings (SSSR count). The number of hydrogen-bond donors (Lipinski definition) is 3. The van der Waals surface area contributed by atoms with Gasteiger partial charge in [0.2, 0.25) is 0 Å². The van der Waals surface area contributed by atoms with Gasteiger partial charge in [-0.25, -0.2) is 15.0 Å². The molecule has 8 nitrogen and oxygen atoms in total. The highest BCUT2D eigenvalue weighted by molar-refractivity contribution is 7.99. The Morgan fingerprint density at radius 2 is 1.82 bits per heavy atom. The Hall–Kier alpha value is -2.00. The monoisotopic (exact) mass is 407 g/mol. The van der Waals surface area contributed by atoms with Gasteiger partial charge in [0.05, 0.1) is 6.33 Å². The van der Waals surface area contributed by atoms with E-state index in [2.05, 4.69) is 21.9 Å². The fourth-order valence-corrected chi connectivity index (χ4v) is 4.31. The lowest BCUT2D eigenvalue weighted by Crippen LogP contribution is -2.17. The van der Waals surface area contributed by atoms with Crippen molar-refractivity contribution in [3.63, 3.8) is 0 Å². The number of thioether (sulfide) groups is 1. The third-order valence-corrected chi connectivity index (χ3v) is 6.01. The van der Waals surface area contributed by atoms with Gasteiger partial charge in [-0.2, -0.15) is 11.8 Å². The zero-order valence-corrected chi connectivity index (χ0v) is 17.1. The van der Waals surface area contributed by atoms with E-state index in [-0.39, 0.29) is 17.3 Å². The van der Waals surface area contributed by atoms with Gasteiger partial charge in [0.25, 0.3) is 0 Å². The lowest BCUT2D eigenvalue weighted by molar-refractivity contribution is 0.0000406. The van der Waals surface area contributed by atoms with Crippen LogP contribution in [0.15, 0.2) is 24.2 Å². The first kappa shape index (κ1) is 20.7. The molecule has 0 saturated carbocycles. The Morgan fingerprint density at radius 3 is 2.61 bits per heavy atom. The molecule has 1 aliphatic rings. The van der Waals surface area contributed by atoms with E-state index in [1.165, 1.54) is 51.2 Å². The first-order valence-corrected chi connectivity index (χ1v) is 11.1. The van der Waals surface area contributed by atoms with Crippen molar-refractivity contribution in [2.75, 3.05) is 17.2 Å². The van der Waals surface area contributed by atoms with E-state index >= 15 is 0 Å². The Kier molecular flexibility index (Phi) is 7.38. The summed E-state index contributed by atoms with van der Waals surface area (Å²) in [6.07, 6.45) is 10.3. The molecule has 2 atom stereocenters. The molecule has 2 aromatic rings. The van der Waals surface area contributed by atoms with Crippen LogP contribution >= 0.6 is 11.8 Å². The van der Waals surface area contributed by atoms with Gasteiger partial charge in [0.1, 0.15) is 17.9 Å². The molecule has 0 amide bonds. The second-order valence-electron chi connectivity index (χ2n) is 7.03. The number of ether oxygens (including phenoxy) is 1. The maximum absolute atomic E-state index is 10.3. The summed E-state index contributed by atoms with van der Waals surface area (Å²) in [5.74, 6) is 1.53. The first-order valence-electron chi connectivity index (χ1n) is 9.91. The van der Waals surface area contributed by atoms with E-state index in [4.69, 9.17) is 10.5 Å². The molecule has 0 spiro atoms. The van der Waals surface area contributed by atoms with Gasteiger partial charge in [0.15, 0.2) is 29.2 Å². The third kappa shape index (κ3) is 4.70. The number of aromatic nitrogens is 4. The molecular formula is C19H29N5O3S. The molecule has 0 radical (unpaired) electrons. The quantitative estimate of drug-likeness (QED) is 0.476. The molecule has 0 fully saturated rings. The summed E-state index contributed by atoms with van der Waals surface area (Å²) >= 11 is 1.73. The standard InChI is InChI=1S/C19H29N5O3S/c1-2-3-4-5-6-7-8-9-28-10-13-15(25)16(26)19(27-13)24-12-23-14-17(20)21-11-22-18(14)24/h11-13,19,25-26H,2-10H2,1H3,(H2,20,21,22)/t13-,19-/m1/s1. The van der Waals surface area contributed by atoms with Crippen molar-refractivity contribution in [3.8, 4) is 0 Å². The van der Waals surface area contributed by atoms with Crippen molar-refractivity contribution in [1.29, 1.82) is 0 Å². The topological polar surface area (TPSA) is 119 Å². The van der Waals surface area contributed by atoms with Crippen LogP contribution in [0.25, 0.3) is 11.2 Å². The second-order valence-corrected chi connectivity index (χ2v) is 8.18. The van der Waals surface area contributed by atoms with Crippen LogP contribution in [0.3, 0.4) is 0 Å². The summed E-state index contributed by atoms with van der Waals surface area (Å²) in [7, 11) is 0. The number of fused-ring (bicyclic) bond motifs is 1. The minimum absolute atomic E-state index is 0.124. The molecule has 154 valence electrons. The van der Waals surface area contributed by atoms with Crippen molar-refractivity contribution in [1.82, 2.24) is 19.5 Å². The van der Waals surface area contributed by atoms with E-state index in [1.807, 2.05) is 0 Å². The van der Waals surface area contributed by atoms with E-state index in [9.17, 15) is 10.2 Å². The van der Waals surface area contributed by atoms with Crippen molar-refractivity contribution in [3.05, 3.63) is 24.2 Å². The Balaban J connectivity index is 1.48. The smallest absolute Gasteiger partial charge is 0.198 e. The van der Waals surface area contributed by atoms with Crippen LogP contribution in [0, 0.1) is 0 Å². The molecule has 9 heteroatoms. The van der Waals surface area contributed by atoms with Gasteiger partial charge >= 0.3 is 0 Å². The second kappa shape index (κ2) is 9.97. The predicted octanol–water partition coefficient (Wildman–Crippen LogP) is 4.12. The van der Waals surface area contributed by atoms with Crippen molar-refractivity contribution >= 4 is 28.7 Å². The van der Waals surface area contributed by atoms with Gasteiger partial charge in [-0.3, -0.25) is 4.57 Å². The average Bonchev–Trinajstić information content (AvgIpc) is 3.24. The number of aliphatic hydroxyl groups is 2. The van der Waals surface area contributed by atoms with Gasteiger partial charge in [-0.05, 0) is 12.2 Å². The highest BCUT2D eigenvalue weighted by Crippen LogP contribution is 2.35. The summed E-state index contributed by atoms with van der Waals surface area (Å²) in [5, 5.41) is 20.6. The van der Waals surface area contributed by atoms with Gasteiger partial charge < -0.3 is 20.7 Å². The summed E-state index contributed by atoms with van der Waals surface area (Å²) in [5.41, 5.74) is 6.69. The molecule has 0 unspecified atom stereocenters. The number of unbranched alkanes of at least 4 members (excludes halogenated alkanes) is 6. The average molecular weight is 408 g/mol. The van der Waals surface area contributed by atoms with Crippen molar-refractivity contribution < 1.29 is 14.9 Å². The lowest BCUT2D eigenvalue weighted by Gasteiger charge is -2.15. The summed E-state index contributed by atoms with van der Waals surface area (Å²) in [6.45, 7) is 2.23. The van der Waals surface area contributed by atoms with Gasteiger partial charge in [-0.15, -0.1) is 0 Å². The molecule has 2 aromatic heterocycles. The Morgan fingerprint density at radius 1 is 1.07 bits per heavy atom. The lowest BCUT2D eigenvalue weighted by atomic mass is 10.1. The Labute approximate surface area is 169 Å². The van der Waals surface area contributed by atoms with Crippen LogP contribution in [0.5, 0.6) is 0 Å². The molecule has 0 bridgehead atoms. The molecule has 0 saturated heterocycles. The number of imidazole rings is 1. The fourth-order valence-electron chi connectivity index (χ4n) is 3.28. The minimum atomic E-state index is -0.858. The molecule has 3 heterocycles. The summed E-state index contributed by atoms with van der Waals surface area (Å²) < 4.78 is 7.43. The largest absolute Gasteiger partial charge is 0.506 e. The van der Waals surface area contributed by atoms with Crippen LogP contribution in [0.1, 0.15) is 58.1 Å². The molecule has 4 N–H and O–H groups in total. The minimum Gasteiger partial charge on any atom is -0.506 e. The van der Waals surface area contributed by atoms with Crippen LogP contribution in [0.2, 0.25) is 0 Å². The predicted molar refractivity (Wildman–Crippen MR) is 111 cm³/mol. The maximum atomic E-state index is 10.3. The van der Waals surface area contributed by atoms with Crippen molar-refractivity contribution in [2.45, 2.75) is 64.2 Å². The van der Waals surface area contributed by atoms with E-state index in [1.54, 1.807) is 16.3 Å². The van der Waals surface area contributed by atoms with E-state index in [0.29, 0.717) is 16.9 Å². The zero-order valence-electron chi connectivity index (χ0n) is 16.3. The Bertz CT molecular complexity index is 810. The number of anilines is 1. The van der Waals surface area contributed by atoms with Crippen LogP contribution in [-0.4, -0.2) is 47.3 Å². The van der Waals surface area contributed by atoms with E-state index in [0.717, 1.165) is 12.2 Å². The highest BCUT2D eigenvalue weighted by atomic mass is 32.2. The molecule has 1 aliphatic heterocycles. The normalized spacial score (nSPS) is 19.8. The summed E-state index contributed by atoms with van der Waals surface area (Å²) in [4.78, 5) is 12.2. The van der Waals surface area contributed by atoms with Crippen molar-refractivity contribution in [2.24, 2.45) is 0 Å². The molecule has 0 aliphatic carbocycles. The number of nitrogens with two attached hydrogens (primary N) is 1. The van der Waals surface area contributed by atoms with Gasteiger partial charge in [-0.1, -0.05) is 45.4 Å². The maximum Gasteiger partial charge on any atom is 0.198 e. The third-order valence-electron chi connectivity index (χ3n) is 4.90. The SMILES string of the molecule is CCCCCCCCCSC[C@H]1O[C@@H](n2cnc3c(N)ncnc32)C(O)=C1O. The number of hydrogen-bond acceptors (Lipinski definition) is 8. The summed E-state index contributed by atoms with van der Waals surface area (Å²) in [6, 6.07) is 0. The number of aliphatic hydroxyl groups excluding tert-OH is 2. The molecular weight excluding hydrogens is 378 g/mol. The van der Waals surface area contributed by atoms with E-state index < -0.39 is 12.3 Å². The molecule has 28 heavy (non-hydrogen) atoms. The van der Waals surface area contributed by atoms with Crippen LogP contribution in [0.4, 0.5) is 5.82 Å². The van der Waals surface area contributed by atoms with Gasteiger partial charge in [0, 0.05) is 5.75 Å². The molecule has 0 aromatic carbocycles. The van der Waals surface area contributed by atoms with Crippen LogP contribution in [-0.2, 0) is 4.74 Å². The highest BCUT2D eigenvalue weighted by Gasteiger charge is 2.37. The van der Waals surface area contributed by atoms with Crippen LogP contribution < -0.4 is 5.73 Å². The number of nitrogen functional groups attached to an aromatic ring is 1.